The number of imidazole rings is 1. The highest BCUT2D eigenvalue weighted by molar-refractivity contribution is 5.96. The molecular weight excluding hydrogens is 494 g/mol. The zero-order valence-corrected chi connectivity index (χ0v) is 21.3. The molecule has 0 saturated carbocycles. The van der Waals surface area contributed by atoms with Crippen molar-refractivity contribution in [1.29, 1.82) is 0 Å². The van der Waals surface area contributed by atoms with Gasteiger partial charge in [-0.2, -0.15) is 0 Å². The number of nitrogens with one attached hydrogen (secondary N) is 4. The second-order valence-electron chi connectivity index (χ2n) is 9.40. The number of nitrogens with two attached hydrogens (primary N) is 2. The molecule has 1 aromatic heterocycles. The van der Waals surface area contributed by atoms with Gasteiger partial charge in [0.25, 0.3) is 0 Å². The Balaban J connectivity index is 2.17. The van der Waals surface area contributed by atoms with Gasteiger partial charge in [0.15, 0.2) is 0 Å². The molecule has 1 aromatic carbocycles. The number of amides is 4. The third kappa shape index (κ3) is 10.0. The number of carbonyl (C=O) groups excluding carboxylic acids is 4. The summed E-state index contributed by atoms with van der Waals surface area (Å²) in [7, 11) is 0. The summed E-state index contributed by atoms with van der Waals surface area (Å²) < 4.78 is 0. The lowest BCUT2D eigenvalue weighted by Crippen LogP contribution is -2.58. The number of carboxylic acids is 1. The van der Waals surface area contributed by atoms with Crippen molar-refractivity contribution in [3.8, 4) is 0 Å². The summed E-state index contributed by atoms with van der Waals surface area (Å²) in [6.45, 7) is 3.62. The second kappa shape index (κ2) is 14.5. The molecule has 1 heterocycles. The highest BCUT2D eigenvalue weighted by Crippen LogP contribution is 2.08. The molecule has 4 atom stereocenters. The molecular formula is C25H35N7O6. The number of carbonyl (C=O) groups is 5. The third-order valence-electron chi connectivity index (χ3n) is 5.61. The van der Waals surface area contributed by atoms with Crippen LogP contribution in [0.2, 0.25) is 0 Å². The number of aromatic nitrogens is 2. The second-order valence-corrected chi connectivity index (χ2v) is 9.40. The summed E-state index contributed by atoms with van der Waals surface area (Å²) in [5.74, 6) is -4.41. The van der Waals surface area contributed by atoms with E-state index in [1.165, 1.54) is 12.5 Å². The molecule has 0 radical (unpaired) electrons. The number of hydrogen-bond acceptors (Lipinski definition) is 7. The normalized spacial score (nSPS) is 14.1. The average Bonchev–Trinajstić information content (AvgIpc) is 3.35. The molecule has 38 heavy (non-hydrogen) atoms. The summed E-state index contributed by atoms with van der Waals surface area (Å²) in [6.07, 6.45) is 2.59. The zero-order valence-electron chi connectivity index (χ0n) is 21.3. The molecule has 0 aliphatic rings. The first-order chi connectivity index (χ1) is 18.0. The van der Waals surface area contributed by atoms with Crippen LogP contribution in [-0.4, -0.2) is 68.8 Å². The molecule has 13 heteroatoms. The van der Waals surface area contributed by atoms with Crippen molar-refractivity contribution in [2.45, 2.75) is 63.7 Å². The number of hydrogen-bond donors (Lipinski definition) is 7. The van der Waals surface area contributed by atoms with E-state index in [-0.39, 0.29) is 25.2 Å². The lowest BCUT2D eigenvalue weighted by Gasteiger charge is -2.25. The lowest BCUT2D eigenvalue weighted by molar-refractivity contribution is -0.143. The maximum atomic E-state index is 13.1. The van der Waals surface area contributed by atoms with Crippen molar-refractivity contribution in [3.05, 3.63) is 54.1 Å². The molecule has 206 valence electrons. The van der Waals surface area contributed by atoms with Crippen LogP contribution in [0.1, 0.15) is 37.9 Å². The smallest absolute Gasteiger partial charge is 0.326 e. The van der Waals surface area contributed by atoms with Gasteiger partial charge >= 0.3 is 5.97 Å². The SMILES string of the molecule is CC(C)CC(NC(=O)C(Cc1cnc[nH]1)NC(=O)C(CC(N)=O)NC(=O)C(N)Cc1ccccc1)C(=O)O. The summed E-state index contributed by atoms with van der Waals surface area (Å²) >= 11 is 0. The van der Waals surface area contributed by atoms with Crippen LogP contribution in [0.15, 0.2) is 42.9 Å². The summed E-state index contributed by atoms with van der Waals surface area (Å²) in [5, 5.41) is 16.9. The van der Waals surface area contributed by atoms with Crippen LogP contribution in [0.25, 0.3) is 0 Å². The van der Waals surface area contributed by atoms with Gasteiger partial charge in [-0.05, 0) is 24.3 Å². The standard InChI is InChI=1S/C25H35N7O6/c1-14(2)8-20(25(37)38)32-23(35)18(10-16-12-28-13-29-16)31-24(36)19(11-21(27)33)30-22(34)17(26)9-15-6-4-3-5-7-15/h3-7,12-14,17-20H,8-11,26H2,1-2H3,(H2,27,33)(H,28,29)(H,30,34)(H,31,36)(H,32,35)(H,37,38). The van der Waals surface area contributed by atoms with Crippen LogP contribution < -0.4 is 27.4 Å². The van der Waals surface area contributed by atoms with Crippen molar-refractivity contribution in [2.24, 2.45) is 17.4 Å². The topological polar surface area (TPSA) is 222 Å². The molecule has 0 aliphatic carbocycles. The lowest BCUT2D eigenvalue weighted by atomic mass is 10.0. The van der Waals surface area contributed by atoms with Gasteiger partial charge in [-0.1, -0.05) is 44.2 Å². The van der Waals surface area contributed by atoms with E-state index in [9.17, 15) is 29.1 Å². The highest BCUT2D eigenvalue weighted by atomic mass is 16.4. The van der Waals surface area contributed by atoms with E-state index in [2.05, 4.69) is 25.9 Å². The Morgan fingerprint density at radius 2 is 1.53 bits per heavy atom. The maximum absolute atomic E-state index is 13.1. The minimum absolute atomic E-state index is 0.0210. The Morgan fingerprint density at radius 1 is 0.921 bits per heavy atom. The molecule has 4 unspecified atom stereocenters. The number of primary amides is 1. The molecule has 2 aromatic rings. The van der Waals surface area contributed by atoms with E-state index in [4.69, 9.17) is 11.5 Å². The Hall–Kier alpha value is -4.26. The fraction of sp³-hybridized carbons (Fsp3) is 0.440. The van der Waals surface area contributed by atoms with E-state index >= 15 is 0 Å². The number of benzene rings is 1. The largest absolute Gasteiger partial charge is 0.480 e. The van der Waals surface area contributed by atoms with E-state index in [0.717, 1.165) is 5.56 Å². The Morgan fingerprint density at radius 3 is 2.08 bits per heavy atom. The summed E-state index contributed by atoms with van der Waals surface area (Å²) in [4.78, 5) is 68.9. The van der Waals surface area contributed by atoms with Gasteiger partial charge in [0, 0.05) is 18.3 Å². The molecule has 2 rings (SSSR count). The van der Waals surface area contributed by atoms with E-state index < -0.39 is 60.2 Å². The van der Waals surface area contributed by atoms with Gasteiger partial charge in [0.1, 0.15) is 18.1 Å². The van der Waals surface area contributed by atoms with Crippen LogP contribution in [0, 0.1) is 5.92 Å². The molecule has 0 aliphatic heterocycles. The van der Waals surface area contributed by atoms with Gasteiger partial charge < -0.3 is 37.5 Å². The van der Waals surface area contributed by atoms with Gasteiger partial charge in [-0.15, -0.1) is 0 Å². The molecule has 13 nitrogen and oxygen atoms in total. The number of aromatic amines is 1. The predicted molar refractivity (Wildman–Crippen MR) is 137 cm³/mol. The average molecular weight is 530 g/mol. The monoisotopic (exact) mass is 529 g/mol. The van der Waals surface area contributed by atoms with Gasteiger partial charge in [0.05, 0.1) is 18.8 Å². The van der Waals surface area contributed by atoms with Crippen molar-refractivity contribution < 1.29 is 29.1 Å². The Bertz CT molecular complexity index is 1090. The first-order valence-corrected chi connectivity index (χ1v) is 12.1. The number of aliphatic carboxylic acids is 1. The Kier molecular flexibility index (Phi) is 11.4. The first-order valence-electron chi connectivity index (χ1n) is 12.1. The summed E-state index contributed by atoms with van der Waals surface area (Å²) in [6, 6.07) is 4.14. The number of carboxylic acid groups (broad SMARTS) is 1. The van der Waals surface area contributed by atoms with Gasteiger partial charge in [0.2, 0.25) is 23.6 Å². The maximum Gasteiger partial charge on any atom is 0.326 e. The third-order valence-corrected chi connectivity index (χ3v) is 5.61. The first kappa shape index (κ1) is 30.0. The van der Waals surface area contributed by atoms with Crippen LogP contribution in [0.4, 0.5) is 0 Å². The molecule has 0 saturated heterocycles. The van der Waals surface area contributed by atoms with Gasteiger partial charge in [-0.3, -0.25) is 19.2 Å². The quantitative estimate of drug-likeness (QED) is 0.151. The van der Waals surface area contributed by atoms with Crippen molar-refractivity contribution in [1.82, 2.24) is 25.9 Å². The van der Waals surface area contributed by atoms with Crippen LogP contribution in [0.3, 0.4) is 0 Å². The van der Waals surface area contributed by atoms with E-state index in [1.807, 2.05) is 19.9 Å². The van der Waals surface area contributed by atoms with Crippen LogP contribution in [0.5, 0.6) is 0 Å². The fourth-order valence-corrected chi connectivity index (χ4v) is 3.71. The molecule has 9 N–H and O–H groups in total. The molecule has 0 spiro atoms. The minimum Gasteiger partial charge on any atom is -0.480 e. The van der Waals surface area contributed by atoms with Crippen molar-refractivity contribution in [3.63, 3.8) is 0 Å². The van der Waals surface area contributed by atoms with Crippen LogP contribution in [-0.2, 0) is 36.8 Å². The summed E-state index contributed by atoms with van der Waals surface area (Å²) in [5.41, 5.74) is 12.6. The van der Waals surface area contributed by atoms with Crippen LogP contribution >= 0.6 is 0 Å². The Labute approximate surface area is 220 Å². The molecule has 0 bridgehead atoms. The number of nitrogens with zero attached hydrogens (tertiary/aromatic N) is 1. The highest BCUT2D eigenvalue weighted by Gasteiger charge is 2.31. The number of rotatable bonds is 15. The zero-order chi connectivity index (χ0) is 28.2. The fourth-order valence-electron chi connectivity index (χ4n) is 3.71. The molecule has 4 amide bonds. The minimum atomic E-state index is -1.41. The van der Waals surface area contributed by atoms with E-state index in [0.29, 0.717) is 5.69 Å². The van der Waals surface area contributed by atoms with E-state index in [1.54, 1.807) is 24.3 Å². The van der Waals surface area contributed by atoms with Crippen molar-refractivity contribution >= 4 is 29.6 Å². The molecule has 0 fully saturated rings. The van der Waals surface area contributed by atoms with Gasteiger partial charge in [-0.25, -0.2) is 9.78 Å². The number of H-pyrrole nitrogens is 1. The van der Waals surface area contributed by atoms with Crippen molar-refractivity contribution in [2.75, 3.05) is 0 Å². The predicted octanol–water partition coefficient (Wildman–Crippen LogP) is -1.02.